The van der Waals surface area contributed by atoms with Crippen LogP contribution in [0.15, 0.2) is 24.3 Å². The Morgan fingerprint density at radius 3 is 2.10 bits per heavy atom. The first-order valence-electron chi connectivity index (χ1n) is 9.22. The van der Waals surface area contributed by atoms with Crippen LogP contribution >= 0.6 is 0 Å². The van der Waals surface area contributed by atoms with Gasteiger partial charge in [-0.1, -0.05) is 0 Å². The van der Waals surface area contributed by atoms with E-state index in [9.17, 15) is 35.7 Å². The van der Waals surface area contributed by atoms with Crippen molar-refractivity contribution >= 4 is 16.6 Å². The molecule has 3 rings (SSSR count). The van der Waals surface area contributed by atoms with Gasteiger partial charge < -0.3 is 51.8 Å². The Hall–Kier alpha value is -3.18. The number of anilines is 1. The summed E-state index contributed by atoms with van der Waals surface area (Å²) in [6.07, 6.45) is 0.246. The molecule has 162 valence electrons. The number of nitrogens with one attached hydrogen (secondary N) is 2. The largest absolute Gasteiger partial charge is 0.504 e. The molecule has 11 N–H and O–H groups in total. The predicted molar refractivity (Wildman–Crippen MR) is 111 cm³/mol. The first-order valence-corrected chi connectivity index (χ1v) is 9.22. The number of hydrogen-bond donors (Lipinski definition) is 10. The fraction of sp³-hybridized carbons (Fsp3) is 0.300. The molecule has 0 aliphatic rings. The maximum absolute atomic E-state index is 10.6. The molecule has 10 heteroatoms. The third-order valence-electron chi connectivity index (χ3n) is 5.07. The number of benzene rings is 2. The average Bonchev–Trinajstić information content (AvgIpc) is 3.12. The molecule has 2 aromatic carbocycles. The van der Waals surface area contributed by atoms with Gasteiger partial charge in [-0.25, -0.2) is 0 Å². The van der Waals surface area contributed by atoms with Crippen LogP contribution in [0.2, 0.25) is 0 Å². The molecule has 0 bridgehead atoms. The number of aromatic hydroxyl groups is 4. The number of rotatable bonds is 8. The minimum atomic E-state index is -1.47. The molecule has 1 heterocycles. The summed E-state index contributed by atoms with van der Waals surface area (Å²) in [5.74, 6) is -1.53. The van der Waals surface area contributed by atoms with Crippen LogP contribution in [-0.2, 0) is 6.42 Å². The van der Waals surface area contributed by atoms with E-state index in [-0.39, 0.29) is 35.7 Å². The second kappa shape index (κ2) is 8.28. The molecule has 0 saturated heterocycles. The minimum Gasteiger partial charge on any atom is -0.504 e. The van der Waals surface area contributed by atoms with Crippen molar-refractivity contribution in [3.63, 3.8) is 0 Å². The van der Waals surface area contributed by atoms with E-state index in [1.165, 1.54) is 18.2 Å². The minimum absolute atomic E-state index is 0.179. The fourth-order valence-corrected chi connectivity index (χ4v) is 3.35. The van der Waals surface area contributed by atoms with Crippen molar-refractivity contribution in [2.24, 2.45) is 5.73 Å². The zero-order valence-corrected chi connectivity index (χ0v) is 16.1. The number of aromatic amines is 1. The molecule has 0 atom stereocenters. The summed E-state index contributed by atoms with van der Waals surface area (Å²) in [5.41, 5.74) is 6.06. The summed E-state index contributed by atoms with van der Waals surface area (Å²) < 4.78 is 0. The lowest BCUT2D eigenvalue weighted by molar-refractivity contribution is 0.0833. The molecule has 0 fully saturated rings. The van der Waals surface area contributed by atoms with Crippen molar-refractivity contribution in [1.29, 1.82) is 0 Å². The Morgan fingerprint density at radius 2 is 1.50 bits per heavy atom. The third kappa shape index (κ3) is 3.68. The second-order valence-corrected chi connectivity index (χ2v) is 7.17. The highest BCUT2D eigenvalue weighted by atomic mass is 16.3. The van der Waals surface area contributed by atoms with Gasteiger partial charge in [-0.05, 0) is 30.7 Å². The van der Waals surface area contributed by atoms with Gasteiger partial charge in [-0.2, -0.15) is 0 Å². The van der Waals surface area contributed by atoms with E-state index >= 15 is 0 Å². The Kier molecular flexibility index (Phi) is 5.94. The van der Waals surface area contributed by atoms with Gasteiger partial charge in [-0.15, -0.1) is 0 Å². The maximum atomic E-state index is 10.6. The van der Waals surface area contributed by atoms with E-state index in [1.807, 2.05) is 0 Å². The maximum Gasteiger partial charge on any atom is 0.167 e. The highest BCUT2D eigenvalue weighted by molar-refractivity contribution is 5.92. The van der Waals surface area contributed by atoms with Crippen molar-refractivity contribution in [2.45, 2.75) is 12.0 Å². The van der Waals surface area contributed by atoms with Crippen molar-refractivity contribution in [1.82, 2.24) is 4.98 Å². The Balaban J connectivity index is 2.24. The van der Waals surface area contributed by atoms with Gasteiger partial charge in [-0.3, -0.25) is 0 Å². The number of hydrogen-bond acceptors (Lipinski definition) is 9. The fourth-order valence-electron chi connectivity index (χ4n) is 3.35. The number of fused-ring (bicyclic) bond motifs is 1. The lowest BCUT2D eigenvalue weighted by Gasteiger charge is -2.31. The lowest BCUT2D eigenvalue weighted by Crippen LogP contribution is -2.49. The molecule has 0 unspecified atom stereocenters. The molecule has 0 amide bonds. The number of aliphatic hydroxyl groups excluding tert-OH is 3. The van der Waals surface area contributed by atoms with Gasteiger partial charge in [0.1, 0.15) is 5.54 Å². The number of phenolic OH excluding ortho intramolecular Hbond substituents is 4. The number of phenols is 4. The summed E-state index contributed by atoms with van der Waals surface area (Å²) in [6, 6.07) is 5.51. The van der Waals surface area contributed by atoms with E-state index in [0.29, 0.717) is 22.2 Å². The molecule has 0 aliphatic carbocycles. The van der Waals surface area contributed by atoms with E-state index < -0.39 is 36.9 Å². The molecule has 30 heavy (non-hydrogen) atoms. The Morgan fingerprint density at radius 1 is 0.867 bits per heavy atom. The second-order valence-electron chi connectivity index (χ2n) is 7.17. The summed E-state index contributed by atoms with van der Waals surface area (Å²) in [6.45, 7) is -1.60. The van der Waals surface area contributed by atoms with Crippen LogP contribution in [0.4, 0.5) is 5.69 Å². The summed E-state index contributed by atoms with van der Waals surface area (Å²) in [7, 11) is 0. The molecule has 0 radical (unpaired) electrons. The van der Waals surface area contributed by atoms with E-state index in [4.69, 9.17) is 5.73 Å². The van der Waals surface area contributed by atoms with E-state index in [2.05, 4.69) is 10.3 Å². The highest BCUT2D eigenvalue weighted by Crippen LogP contribution is 2.45. The molecule has 0 spiro atoms. The topological polar surface area (TPSA) is 195 Å². The molecular weight excluding hydrogens is 394 g/mol. The van der Waals surface area contributed by atoms with E-state index in [1.54, 1.807) is 6.07 Å². The van der Waals surface area contributed by atoms with Crippen LogP contribution in [0.25, 0.3) is 22.2 Å². The van der Waals surface area contributed by atoms with Crippen LogP contribution < -0.4 is 11.1 Å². The normalized spacial score (nSPS) is 11.9. The number of H-pyrrole nitrogens is 1. The lowest BCUT2D eigenvalue weighted by atomic mass is 9.95. The van der Waals surface area contributed by atoms with Crippen LogP contribution in [0.3, 0.4) is 0 Å². The summed E-state index contributed by atoms with van der Waals surface area (Å²) in [5, 5.41) is 72.7. The zero-order chi connectivity index (χ0) is 22.1. The van der Waals surface area contributed by atoms with Crippen LogP contribution in [0, 0.1) is 0 Å². The summed E-state index contributed by atoms with van der Waals surface area (Å²) >= 11 is 0. The van der Waals surface area contributed by atoms with Gasteiger partial charge in [0.05, 0.1) is 25.5 Å². The van der Waals surface area contributed by atoms with Crippen molar-refractivity contribution in [3.8, 4) is 34.3 Å². The smallest absolute Gasteiger partial charge is 0.167 e. The molecule has 10 nitrogen and oxygen atoms in total. The predicted octanol–water partition coefficient (Wildman–Crippen LogP) is 0.286. The van der Waals surface area contributed by atoms with Gasteiger partial charge in [0.2, 0.25) is 0 Å². The molecule has 0 aliphatic heterocycles. The van der Waals surface area contributed by atoms with Crippen LogP contribution in [-0.4, -0.2) is 72.6 Å². The monoisotopic (exact) mass is 419 g/mol. The van der Waals surface area contributed by atoms with Crippen molar-refractivity contribution in [2.75, 3.05) is 31.7 Å². The first-order chi connectivity index (χ1) is 14.3. The number of aliphatic hydroxyl groups is 3. The van der Waals surface area contributed by atoms with Crippen LogP contribution in [0.1, 0.15) is 5.56 Å². The zero-order valence-electron chi connectivity index (χ0n) is 16.1. The molecule has 1 aromatic heterocycles. The number of nitrogens with two attached hydrogens (primary N) is 1. The van der Waals surface area contributed by atoms with Crippen LogP contribution in [0.5, 0.6) is 23.0 Å². The number of aromatic nitrogens is 1. The van der Waals surface area contributed by atoms with E-state index in [0.717, 1.165) is 0 Å². The quantitative estimate of drug-likeness (QED) is 0.180. The van der Waals surface area contributed by atoms with Crippen molar-refractivity contribution in [3.05, 3.63) is 29.8 Å². The molecule has 0 saturated carbocycles. The first kappa shape index (κ1) is 21.5. The third-order valence-corrected chi connectivity index (χ3v) is 5.07. The SMILES string of the molecule is NCCc1c(NC(CO)(CO)CO)cc(O)c(O)c1-c1cc2cc(O)c(O)cc2[nH]1. The van der Waals surface area contributed by atoms with Gasteiger partial charge in [0.15, 0.2) is 23.0 Å². The van der Waals surface area contributed by atoms with Gasteiger partial charge in [0, 0.05) is 34.3 Å². The molecule has 3 aromatic rings. The average molecular weight is 419 g/mol. The highest BCUT2D eigenvalue weighted by Gasteiger charge is 2.30. The molecular formula is C20H25N3O7. The van der Waals surface area contributed by atoms with Crippen molar-refractivity contribution < 1.29 is 35.7 Å². The Bertz CT molecular complexity index is 1010. The Labute approximate surface area is 171 Å². The standard InChI is InChI=1S/C20H25N3O7/c21-2-1-11-13(23-20(7-24,8-25)9-26)6-17(29)19(30)18(11)14-3-10-4-15(27)16(28)5-12(10)22-14/h3-6,22-30H,1-2,7-9,21H2. The van der Waals surface area contributed by atoms with Gasteiger partial charge >= 0.3 is 0 Å². The summed E-state index contributed by atoms with van der Waals surface area (Å²) in [4.78, 5) is 3.02. The van der Waals surface area contributed by atoms with Gasteiger partial charge in [0.25, 0.3) is 0 Å².